The van der Waals surface area contributed by atoms with Gasteiger partial charge in [0.05, 0.1) is 0 Å². The third-order valence-corrected chi connectivity index (χ3v) is 3.44. The lowest BCUT2D eigenvalue weighted by molar-refractivity contribution is 0.0107. The molecular weight excluding hydrogens is 335 g/mol. The first-order chi connectivity index (χ1) is 11.6. The molecule has 25 heavy (non-hydrogen) atoms. The lowest BCUT2D eigenvalue weighted by atomic mass is 9.94. The number of carbonyl (C=O) groups excluding carboxylic acids is 2. The number of Topliss-reactive ketones (excluding diaryl/α,β-unsaturated/α-hetero) is 1. The van der Waals surface area contributed by atoms with E-state index in [1.165, 1.54) is 0 Å². The summed E-state index contributed by atoms with van der Waals surface area (Å²) in [6.45, 7) is 4.63. The fourth-order valence-corrected chi connectivity index (χ4v) is 2.19. The lowest BCUT2D eigenvalue weighted by Crippen LogP contribution is -2.39. The fraction of sp³-hybridized carbons (Fsp3) is 0.556. The van der Waals surface area contributed by atoms with Crippen molar-refractivity contribution in [3.8, 4) is 0 Å². The van der Waals surface area contributed by atoms with Gasteiger partial charge in [-0.2, -0.15) is 0 Å². The molecule has 0 aliphatic rings. The zero-order valence-corrected chi connectivity index (χ0v) is 14.6. The van der Waals surface area contributed by atoms with Crippen molar-refractivity contribution in [1.82, 2.24) is 5.32 Å². The Labute approximate surface area is 145 Å². The SMILES string of the molecule is CC(C)(C)OC(=O)NCC(CCC(=O)c1ccccc1)C(F)C(F)F. The van der Waals surface area contributed by atoms with E-state index in [1.807, 2.05) is 0 Å². The van der Waals surface area contributed by atoms with E-state index in [2.05, 4.69) is 5.32 Å². The van der Waals surface area contributed by atoms with Crippen LogP contribution in [0.25, 0.3) is 0 Å². The van der Waals surface area contributed by atoms with Gasteiger partial charge in [0, 0.05) is 24.4 Å². The van der Waals surface area contributed by atoms with Crippen LogP contribution in [0.3, 0.4) is 0 Å². The molecule has 4 nitrogen and oxygen atoms in total. The highest BCUT2D eigenvalue weighted by Gasteiger charge is 2.31. The second-order valence-corrected chi connectivity index (χ2v) is 6.75. The van der Waals surface area contributed by atoms with E-state index in [9.17, 15) is 22.8 Å². The van der Waals surface area contributed by atoms with Crippen molar-refractivity contribution in [3.63, 3.8) is 0 Å². The van der Waals surface area contributed by atoms with Crippen LogP contribution in [-0.4, -0.2) is 36.6 Å². The van der Waals surface area contributed by atoms with E-state index in [4.69, 9.17) is 4.74 Å². The molecule has 0 aromatic heterocycles. The lowest BCUT2D eigenvalue weighted by Gasteiger charge is -2.23. The average molecular weight is 359 g/mol. The molecule has 1 aromatic rings. The Morgan fingerprint density at radius 3 is 2.24 bits per heavy atom. The Bertz CT molecular complexity index is 558. The predicted octanol–water partition coefficient (Wildman–Crippen LogP) is 4.39. The molecule has 0 spiro atoms. The number of nitrogens with one attached hydrogen (secondary N) is 1. The minimum absolute atomic E-state index is 0.0855. The summed E-state index contributed by atoms with van der Waals surface area (Å²) < 4.78 is 44.2. The number of halogens is 3. The van der Waals surface area contributed by atoms with Gasteiger partial charge in [0.25, 0.3) is 6.43 Å². The van der Waals surface area contributed by atoms with Gasteiger partial charge < -0.3 is 10.1 Å². The molecule has 140 valence electrons. The number of alkyl halides is 3. The smallest absolute Gasteiger partial charge is 0.407 e. The highest BCUT2D eigenvalue weighted by atomic mass is 19.3. The number of hydrogen-bond donors (Lipinski definition) is 1. The van der Waals surface area contributed by atoms with Gasteiger partial charge in [-0.15, -0.1) is 0 Å². The van der Waals surface area contributed by atoms with Crippen molar-refractivity contribution < 1.29 is 27.5 Å². The van der Waals surface area contributed by atoms with Gasteiger partial charge in [-0.1, -0.05) is 30.3 Å². The highest BCUT2D eigenvalue weighted by Crippen LogP contribution is 2.22. The molecular formula is C18H24F3NO3. The van der Waals surface area contributed by atoms with Gasteiger partial charge in [0.15, 0.2) is 12.0 Å². The summed E-state index contributed by atoms with van der Waals surface area (Å²) in [6, 6.07) is 8.34. The molecule has 2 atom stereocenters. The molecule has 0 radical (unpaired) electrons. The Balaban J connectivity index is 2.61. The van der Waals surface area contributed by atoms with E-state index >= 15 is 0 Å². The summed E-state index contributed by atoms with van der Waals surface area (Å²) in [5.41, 5.74) is -0.311. The number of benzene rings is 1. The van der Waals surface area contributed by atoms with Gasteiger partial charge in [-0.05, 0) is 27.2 Å². The molecule has 0 saturated carbocycles. The standard InChI is InChI=1S/C18H24F3NO3/c1-18(2,3)25-17(24)22-11-13(15(19)16(20)21)9-10-14(23)12-7-5-4-6-8-12/h4-8,13,15-16H,9-11H2,1-3H3,(H,22,24). The Kier molecular flexibility index (Phi) is 7.93. The summed E-state index contributed by atoms with van der Waals surface area (Å²) in [6.07, 6.45) is -6.61. The molecule has 0 aliphatic heterocycles. The Hall–Kier alpha value is -2.05. The van der Waals surface area contributed by atoms with Gasteiger partial charge >= 0.3 is 6.09 Å². The maximum absolute atomic E-state index is 13.8. The normalized spacial score (nSPS) is 14.0. The first-order valence-electron chi connectivity index (χ1n) is 8.07. The van der Waals surface area contributed by atoms with Crippen LogP contribution < -0.4 is 5.32 Å². The van der Waals surface area contributed by atoms with Crippen LogP contribution in [-0.2, 0) is 4.74 Å². The molecule has 2 unspecified atom stereocenters. The summed E-state index contributed by atoms with van der Waals surface area (Å²) in [5, 5.41) is 2.29. The van der Waals surface area contributed by atoms with Gasteiger partial charge in [-0.25, -0.2) is 18.0 Å². The predicted molar refractivity (Wildman–Crippen MR) is 88.6 cm³/mol. The Morgan fingerprint density at radius 1 is 1.12 bits per heavy atom. The number of ether oxygens (including phenoxy) is 1. The summed E-state index contributed by atoms with van der Waals surface area (Å²) in [5.74, 6) is -1.44. The second kappa shape index (κ2) is 9.44. The van der Waals surface area contributed by atoms with Crippen molar-refractivity contribution in [2.24, 2.45) is 5.92 Å². The quantitative estimate of drug-likeness (QED) is 0.700. The van der Waals surface area contributed by atoms with E-state index in [-0.39, 0.29) is 25.2 Å². The average Bonchev–Trinajstić information content (AvgIpc) is 2.53. The number of carbonyl (C=O) groups is 2. The molecule has 7 heteroatoms. The number of alkyl carbamates (subject to hydrolysis) is 1. The summed E-state index contributed by atoms with van der Waals surface area (Å²) in [7, 11) is 0. The van der Waals surface area contributed by atoms with E-state index in [0.717, 1.165) is 0 Å². The van der Waals surface area contributed by atoms with E-state index in [1.54, 1.807) is 51.1 Å². The van der Waals surface area contributed by atoms with Crippen LogP contribution in [0.1, 0.15) is 44.0 Å². The van der Waals surface area contributed by atoms with E-state index < -0.39 is 30.2 Å². The third kappa shape index (κ3) is 8.05. The molecule has 0 aliphatic carbocycles. The zero-order valence-electron chi connectivity index (χ0n) is 14.6. The van der Waals surface area contributed by atoms with Crippen molar-refractivity contribution in [1.29, 1.82) is 0 Å². The van der Waals surface area contributed by atoms with Crippen molar-refractivity contribution in [3.05, 3.63) is 35.9 Å². The summed E-state index contributed by atoms with van der Waals surface area (Å²) >= 11 is 0. The number of rotatable bonds is 8. The van der Waals surface area contributed by atoms with Crippen LogP contribution >= 0.6 is 0 Å². The first-order valence-corrected chi connectivity index (χ1v) is 8.07. The minimum atomic E-state index is -3.18. The van der Waals surface area contributed by atoms with Crippen LogP contribution in [0.15, 0.2) is 30.3 Å². The topological polar surface area (TPSA) is 55.4 Å². The number of amides is 1. The number of hydrogen-bond acceptors (Lipinski definition) is 3. The molecule has 1 amide bonds. The van der Waals surface area contributed by atoms with Crippen LogP contribution in [0, 0.1) is 5.92 Å². The van der Waals surface area contributed by atoms with Crippen molar-refractivity contribution in [2.45, 2.75) is 51.8 Å². The largest absolute Gasteiger partial charge is 0.444 e. The molecule has 0 saturated heterocycles. The van der Waals surface area contributed by atoms with Crippen LogP contribution in [0.5, 0.6) is 0 Å². The molecule has 0 bridgehead atoms. The maximum Gasteiger partial charge on any atom is 0.407 e. The Morgan fingerprint density at radius 2 is 1.72 bits per heavy atom. The van der Waals surface area contributed by atoms with Gasteiger partial charge in [-0.3, -0.25) is 4.79 Å². The second-order valence-electron chi connectivity index (χ2n) is 6.75. The monoisotopic (exact) mass is 359 g/mol. The fourth-order valence-electron chi connectivity index (χ4n) is 2.19. The molecule has 1 N–H and O–H groups in total. The summed E-state index contributed by atoms with van der Waals surface area (Å²) in [4.78, 5) is 23.7. The zero-order chi connectivity index (χ0) is 19.0. The maximum atomic E-state index is 13.8. The van der Waals surface area contributed by atoms with Crippen molar-refractivity contribution in [2.75, 3.05) is 6.54 Å². The van der Waals surface area contributed by atoms with Gasteiger partial charge in [0.2, 0.25) is 0 Å². The third-order valence-electron chi connectivity index (χ3n) is 3.44. The molecule has 0 heterocycles. The minimum Gasteiger partial charge on any atom is -0.444 e. The first kappa shape index (κ1) is 21.0. The van der Waals surface area contributed by atoms with Gasteiger partial charge in [0.1, 0.15) is 5.60 Å². The molecule has 1 aromatic carbocycles. The number of ketones is 1. The van der Waals surface area contributed by atoms with E-state index in [0.29, 0.717) is 5.56 Å². The molecule has 1 rings (SSSR count). The molecule has 0 fully saturated rings. The van der Waals surface area contributed by atoms with Crippen molar-refractivity contribution >= 4 is 11.9 Å². The van der Waals surface area contributed by atoms with Crippen LogP contribution in [0.2, 0.25) is 0 Å². The van der Waals surface area contributed by atoms with Crippen LogP contribution in [0.4, 0.5) is 18.0 Å². The highest BCUT2D eigenvalue weighted by molar-refractivity contribution is 5.95.